The highest BCUT2D eigenvalue weighted by Crippen LogP contribution is 2.23. The van der Waals surface area contributed by atoms with Gasteiger partial charge in [0.1, 0.15) is 0 Å². The molecule has 0 unspecified atom stereocenters. The molecule has 0 atom stereocenters. The number of thiocarbonyl (C=S) groups is 1. The highest BCUT2D eigenvalue weighted by Gasteiger charge is 2.25. The van der Waals surface area contributed by atoms with Crippen LogP contribution < -0.4 is 10.2 Å². The molecule has 1 saturated heterocycles. The van der Waals surface area contributed by atoms with E-state index in [1.165, 1.54) is 11.1 Å². The van der Waals surface area contributed by atoms with Gasteiger partial charge in [-0.1, -0.05) is 24.3 Å². The molecule has 4 rings (SSSR count). The summed E-state index contributed by atoms with van der Waals surface area (Å²) in [6, 6.07) is 15.7. The maximum absolute atomic E-state index is 10.8. The molecule has 1 aliphatic carbocycles. The van der Waals surface area contributed by atoms with Crippen LogP contribution in [0, 0.1) is 10.1 Å². The third kappa shape index (κ3) is 3.88. The van der Waals surface area contributed by atoms with Gasteiger partial charge in [0.25, 0.3) is 5.69 Å². The first-order chi connectivity index (χ1) is 13.1. The van der Waals surface area contributed by atoms with Crippen LogP contribution in [0.15, 0.2) is 48.5 Å². The monoisotopic (exact) mass is 382 g/mol. The molecule has 2 aliphatic rings. The van der Waals surface area contributed by atoms with Gasteiger partial charge in [-0.3, -0.25) is 10.1 Å². The topological polar surface area (TPSA) is 61.7 Å². The Kier molecular flexibility index (Phi) is 4.94. The summed E-state index contributed by atoms with van der Waals surface area (Å²) in [5, 5.41) is 15.1. The van der Waals surface area contributed by atoms with E-state index < -0.39 is 0 Å². The number of piperazine rings is 1. The van der Waals surface area contributed by atoms with E-state index >= 15 is 0 Å². The molecule has 2 aromatic rings. The number of nitro benzene ring substituents is 1. The molecule has 1 heterocycles. The van der Waals surface area contributed by atoms with Gasteiger partial charge in [0.05, 0.1) is 4.92 Å². The summed E-state index contributed by atoms with van der Waals surface area (Å²) in [6.45, 7) is 3.40. The Morgan fingerprint density at radius 3 is 2.15 bits per heavy atom. The van der Waals surface area contributed by atoms with Gasteiger partial charge >= 0.3 is 0 Å². The highest BCUT2D eigenvalue weighted by molar-refractivity contribution is 7.80. The van der Waals surface area contributed by atoms with Gasteiger partial charge in [-0.05, 0) is 48.3 Å². The summed E-state index contributed by atoms with van der Waals surface area (Å²) >= 11 is 5.64. The number of nitrogens with one attached hydrogen (secondary N) is 1. The van der Waals surface area contributed by atoms with Crippen molar-refractivity contribution in [3.8, 4) is 0 Å². The van der Waals surface area contributed by atoms with Crippen molar-refractivity contribution in [3.05, 3.63) is 69.8 Å². The van der Waals surface area contributed by atoms with Crippen molar-refractivity contribution in [2.45, 2.75) is 18.9 Å². The Balaban J connectivity index is 1.29. The quantitative estimate of drug-likeness (QED) is 0.500. The van der Waals surface area contributed by atoms with Gasteiger partial charge in [-0.2, -0.15) is 0 Å². The molecule has 27 heavy (non-hydrogen) atoms. The van der Waals surface area contributed by atoms with Gasteiger partial charge in [-0.25, -0.2) is 0 Å². The summed E-state index contributed by atoms with van der Waals surface area (Å²) in [7, 11) is 0. The maximum Gasteiger partial charge on any atom is 0.269 e. The van der Waals surface area contributed by atoms with Crippen molar-refractivity contribution < 1.29 is 4.92 Å². The molecule has 1 aliphatic heterocycles. The fourth-order valence-corrected chi connectivity index (χ4v) is 4.23. The summed E-state index contributed by atoms with van der Waals surface area (Å²) in [5.41, 5.74) is 3.98. The van der Waals surface area contributed by atoms with Crippen LogP contribution in [0.2, 0.25) is 0 Å². The molecule has 0 spiro atoms. The summed E-state index contributed by atoms with van der Waals surface area (Å²) in [6.07, 6.45) is 2.05. The van der Waals surface area contributed by atoms with Crippen LogP contribution in [0.25, 0.3) is 0 Å². The Hall–Kier alpha value is -2.67. The smallest absolute Gasteiger partial charge is 0.269 e. The fraction of sp³-hybridized carbons (Fsp3) is 0.350. The Morgan fingerprint density at radius 2 is 1.59 bits per heavy atom. The molecule has 1 N–H and O–H groups in total. The molecule has 2 aromatic carbocycles. The summed E-state index contributed by atoms with van der Waals surface area (Å²) in [4.78, 5) is 14.9. The van der Waals surface area contributed by atoms with Crippen LogP contribution in [0.5, 0.6) is 0 Å². The lowest BCUT2D eigenvalue weighted by atomic mass is 10.1. The van der Waals surface area contributed by atoms with Crippen molar-refractivity contribution in [2.24, 2.45) is 0 Å². The number of nitrogens with zero attached hydrogens (tertiary/aromatic N) is 3. The first kappa shape index (κ1) is 17.7. The molecule has 0 amide bonds. The minimum absolute atomic E-state index is 0.125. The molecule has 140 valence electrons. The van der Waals surface area contributed by atoms with Crippen LogP contribution in [0.3, 0.4) is 0 Å². The minimum Gasteiger partial charge on any atom is -0.368 e. The SMILES string of the molecule is O=[N+]([O-])c1ccc(N2CCN(C(=S)NC3Cc4ccccc4C3)CC2)cc1. The average Bonchev–Trinajstić information content (AvgIpc) is 3.10. The normalized spacial score (nSPS) is 16.9. The predicted molar refractivity (Wildman–Crippen MR) is 110 cm³/mol. The summed E-state index contributed by atoms with van der Waals surface area (Å²) < 4.78 is 0. The third-order valence-corrected chi connectivity index (χ3v) is 5.75. The van der Waals surface area contributed by atoms with E-state index in [1.54, 1.807) is 12.1 Å². The molecule has 6 nitrogen and oxygen atoms in total. The number of non-ortho nitro benzene ring substituents is 1. The zero-order chi connectivity index (χ0) is 18.8. The van der Waals surface area contributed by atoms with E-state index in [1.807, 2.05) is 12.1 Å². The van der Waals surface area contributed by atoms with Crippen LogP contribution in [0.4, 0.5) is 11.4 Å². The predicted octanol–water partition coefficient (Wildman–Crippen LogP) is 2.76. The molecule has 0 aromatic heterocycles. The van der Waals surface area contributed by atoms with E-state index in [-0.39, 0.29) is 10.6 Å². The molecule has 7 heteroatoms. The maximum atomic E-state index is 10.8. The van der Waals surface area contributed by atoms with E-state index in [4.69, 9.17) is 12.2 Å². The number of rotatable bonds is 3. The third-order valence-electron chi connectivity index (χ3n) is 5.37. The second-order valence-electron chi connectivity index (χ2n) is 7.07. The Bertz CT molecular complexity index is 822. The van der Waals surface area contributed by atoms with E-state index in [0.717, 1.165) is 49.8 Å². The van der Waals surface area contributed by atoms with Crippen molar-refractivity contribution in [2.75, 3.05) is 31.1 Å². The number of anilines is 1. The molecule has 1 fully saturated rings. The zero-order valence-corrected chi connectivity index (χ0v) is 15.8. The van der Waals surface area contributed by atoms with Gasteiger partial charge in [0, 0.05) is 50.0 Å². The van der Waals surface area contributed by atoms with Gasteiger partial charge in [0.2, 0.25) is 0 Å². The molecule has 0 bridgehead atoms. The van der Waals surface area contributed by atoms with Crippen molar-refractivity contribution in [3.63, 3.8) is 0 Å². The van der Waals surface area contributed by atoms with E-state index in [2.05, 4.69) is 39.4 Å². The van der Waals surface area contributed by atoms with Gasteiger partial charge < -0.3 is 15.1 Å². The van der Waals surface area contributed by atoms with Crippen LogP contribution in [-0.4, -0.2) is 47.2 Å². The van der Waals surface area contributed by atoms with Gasteiger partial charge in [-0.15, -0.1) is 0 Å². The lowest BCUT2D eigenvalue weighted by Crippen LogP contribution is -2.53. The van der Waals surface area contributed by atoms with Crippen LogP contribution in [0.1, 0.15) is 11.1 Å². The number of nitro groups is 1. The Morgan fingerprint density at radius 1 is 1.00 bits per heavy atom. The van der Waals surface area contributed by atoms with Crippen LogP contribution in [-0.2, 0) is 12.8 Å². The first-order valence-corrected chi connectivity index (χ1v) is 9.62. The molecular weight excluding hydrogens is 360 g/mol. The largest absolute Gasteiger partial charge is 0.368 e. The van der Waals surface area contributed by atoms with E-state index in [0.29, 0.717) is 6.04 Å². The van der Waals surface area contributed by atoms with E-state index in [9.17, 15) is 10.1 Å². The van der Waals surface area contributed by atoms with Gasteiger partial charge in [0.15, 0.2) is 5.11 Å². The van der Waals surface area contributed by atoms with Crippen molar-refractivity contribution in [1.29, 1.82) is 0 Å². The van der Waals surface area contributed by atoms with Crippen LogP contribution >= 0.6 is 12.2 Å². The number of benzene rings is 2. The molecular formula is C20H22N4O2S. The lowest BCUT2D eigenvalue weighted by Gasteiger charge is -2.38. The summed E-state index contributed by atoms with van der Waals surface area (Å²) in [5.74, 6) is 0. The minimum atomic E-state index is -0.368. The standard InChI is InChI=1S/C20H22N4O2S/c25-24(26)19-7-5-18(6-8-19)22-9-11-23(12-10-22)20(27)21-17-13-15-3-1-2-4-16(15)14-17/h1-8,17H,9-14H2,(H,21,27). The average molecular weight is 382 g/mol. The van der Waals surface area contributed by atoms with Crippen molar-refractivity contribution in [1.82, 2.24) is 10.2 Å². The first-order valence-electron chi connectivity index (χ1n) is 9.22. The highest BCUT2D eigenvalue weighted by atomic mass is 32.1. The zero-order valence-electron chi connectivity index (χ0n) is 15.0. The van der Waals surface area contributed by atoms with Crippen molar-refractivity contribution >= 4 is 28.7 Å². The second-order valence-corrected chi connectivity index (χ2v) is 7.46. The molecule has 0 saturated carbocycles. The number of hydrogen-bond donors (Lipinski definition) is 1. The second kappa shape index (κ2) is 7.52. The number of fused-ring (bicyclic) bond motifs is 1. The Labute approximate surface area is 163 Å². The number of hydrogen-bond acceptors (Lipinski definition) is 4. The molecule has 0 radical (unpaired) electrons. The fourth-order valence-electron chi connectivity index (χ4n) is 3.88. The lowest BCUT2D eigenvalue weighted by molar-refractivity contribution is -0.384.